The van der Waals surface area contributed by atoms with Crippen molar-refractivity contribution in [2.24, 2.45) is 0 Å². The largest absolute Gasteiger partial charge is 0.488 e. The van der Waals surface area contributed by atoms with Crippen LogP contribution in [-0.2, 0) is 16.9 Å². The average Bonchev–Trinajstić information content (AvgIpc) is 3.76. The van der Waals surface area contributed by atoms with Gasteiger partial charge in [0.25, 0.3) is 0 Å². The topological polar surface area (TPSA) is 113 Å². The Labute approximate surface area is 315 Å². The number of anilines is 1. The number of hydrogen-bond donors (Lipinski definition) is 1. The van der Waals surface area contributed by atoms with E-state index in [-0.39, 0.29) is 23.5 Å². The van der Waals surface area contributed by atoms with Crippen molar-refractivity contribution < 1.29 is 19.0 Å². The molecule has 5 rings (SSSR count). The van der Waals surface area contributed by atoms with Crippen LogP contribution in [0.15, 0.2) is 113 Å². The van der Waals surface area contributed by atoms with Crippen molar-refractivity contribution >= 4 is 35.3 Å². The fourth-order valence-corrected chi connectivity index (χ4v) is 6.88. The van der Waals surface area contributed by atoms with Crippen LogP contribution in [0.4, 0.5) is 10.1 Å². The predicted octanol–water partition coefficient (Wildman–Crippen LogP) is 10.1. The monoisotopic (exact) mass is 724 g/mol. The van der Waals surface area contributed by atoms with Crippen molar-refractivity contribution in [2.45, 2.75) is 51.7 Å². The second kappa shape index (κ2) is 18.5. The summed E-state index contributed by atoms with van der Waals surface area (Å²) in [6.07, 6.45) is 11.5. The van der Waals surface area contributed by atoms with Crippen LogP contribution in [0.3, 0.4) is 0 Å². The Morgan fingerprint density at radius 3 is 2.30 bits per heavy atom. The molecule has 0 aliphatic carbocycles. The van der Waals surface area contributed by atoms with Crippen LogP contribution in [0, 0.1) is 39.8 Å². The number of hydrogen-bond acceptors (Lipinski definition) is 8. The zero-order chi connectivity index (χ0) is 37.6. The number of allylic oxidation sites excluding steroid dienone is 2. The van der Waals surface area contributed by atoms with Gasteiger partial charge in [0.05, 0.1) is 0 Å². The minimum Gasteiger partial charge on any atom is -0.488 e. The summed E-state index contributed by atoms with van der Waals surface area (Å²) >= 11 is 1.54. The Morgan fingerprint density at radius 2 is 1.62 bits per heavy atom. The molecule has 0 spiro atoms. The molecule has 4 aromatic rings. The van der Waals surface area contributed by atoms with Crippen molar-refractivity contribution in [1.82, 2.24) is 0 Å². The summed E-state index contributed by atoms with van der Waals surface area (Å²) in [5.74, 6) is 0.181. The van der Waals surface area contributed by atoms with Gasteiger partial charge in [-0.1, -0.05) is 61.9 Å². The maximum absolute atomic E-state index is 14.3. The number of ether oxygens (including phenoxy) is 2. The lowest BCUT2D eigenvalue weighted by Crippen LogP contribution is -2.25. The van der Waals surface area contributed by atoms with Gasteiger partial charge in [0.2, 0.25) is 0 Å². The quantitative estimate of drug-likeness (QED) is 0.0904. The standard InChI is InChI=1S/C44H41FN4O3S/c1-3-4-23-49(24-8-9-25-50)37-17-15-33(42(27-37)51-31-32-11-6-5-7-12-32)16-18-38-19-20-39(53-38)21-22-41-40(30-48)43(34(28-46)29-47)52-44(41,2)35-13-10-14-36(45)26-35/h5-7,10-22,26-27,50H,3-4,8-9,23-25,31H2,1-2H3/b18-16+,22-21+. The summed E-state index contributed by atoms with van der Waals surface area (Å²) in [6.45, 7) is 6.28. The fraction of sp³-hybridized carbons (Fsp3) is 0.250. The van der Waals surface area contributed by atoms with Crippen molar-refractivity contribution in [1.29, 1.82) is 15.8 Å². The number of unbranched alkanes of at least 4 members (excludes halogenated alkanes) is 2. The molecule has 53 heavy (non-hydrogen) atoms. The second-order valence-electron chi connectivity index (χ2n) is 12.6. The molecular formula is C44H41FN4O3S. The maximum Gasteiger partial charge on any atom is 0.172 e. The number of aliphatic hydroxyl groups excluding tert-OH is 1. The summed E-state index contributed by atoms with van der Waals surface area (Å²) in [5, 5.41) is 38.7. The van der Waals surface area contributed by atoms with E-state index in [0.717, 1.165) is 71.1 Å². The van der Waals surface area contributed by atoms with Gasteiger partial charge in [0, 0.05) is 57.9 Å². The van der Waals surface area contributed by atoms with Crippen molar-refractivity contribution in [3.63, 3.8) is 0 Å². The summed E-state index contributed by atoms with van der Waals surface area (Å²) in [5.41, 5.74) is 2.36. The molecule has 0 bridgehead atoms. The smallest absolute Gasteiger partial charge is 0.172 e. The lowest BCUT2D eigenvalue weighted by molar-refractivity contribution is 0.0752. The summed E-state index contributed by atoms with van der Waals surface area (Å²) in [6, 6.07) is 31.9. The first kappa shape index (κ1) is 38.3. The molecule has 0 fully saturated rings. The van der Waals surface area contributed by atoms with E-state index in [1.807, 2.05) is 72.8 Å². The Hall–Kier alpha value is -5.92. The number of halogens is 1. The summed E-state index contributed by atoms with van der Waals surface area (Å²) in [7, 11) is 0. The fourth-order valence-electron chi connectivity index (χ4n) is 6.06. The van der Waals surface area contributed by atoms with Crippen LogP contribution in [0.5, 0.6) is 5.75 Å². The minimum absolute atomic E-state index is 0.0518. The van der Waals surface area contributed by atoms with E-state index in [9.17, 15) is 25.3 Å². The molecule has 0 saturated carbocycles. The van der Waals surface area contributed by atoms with Crippen LogP contribution in [-0.4, -0.2) is 24.8 Å². The van der Waals surface area contributed by atoms with Gasteiger partial charge in [-0.25, -0.2) is 4.39 Å². The minimum atomic E-state index is -1.31. The molecule has 7 nitrogen and oxygen atoms in total. The Morgan fingerprint density at radius 1 is 0.887 bits per heavy atom. The number of benzene rings is 3. The molecule has 1 aliphatic rings. The first-order valence-corrected chi connectivity index (χ1v) is 18.4. The number of nitrogens with zero attached hydrogens (tertiary/aromatic N) is 4. The number of aliphatic hydroxyl groups is 1. The van der Waals surface area contributed by atoms with Crippen molar-refractivity contribution in [3.8, 4) is 24.0 Å². The Balaban J connectivity index is 1.44. The van der Waals surface area contributed by atoms with Gasteiger partial charge in [-0.05, 0) is 86.4 Å². The molecule has 3 aromatic carbocycles. The van der Waals surface area contributed by atoms with Crippen LogP contribution < -0.4 is 9.64 Å². The van der Waals surface area contributed by atoms with Gasteiger partial charge in [-0.3, -0.25) is 0 Å². The van der Waals surface area contributed by atoms with Gasteiger partial charge in [0.1, 0.15) is 42.0 Å². The third kappa shape index (κ3) is 9.50. The third-order valence-corrected chi connectivity index (χ3v) is 9.98. The lowest BCUT2D eigenvalue weighted by Gasteiger charge is -2.27. The zero-order valence-electron chi connectivity index (χ0n) is 29.9. The van der Waals surface area contributed by atoms with Crippen LogP contribution in [0.1, 0.15) is 66.0 Å². The molecule has 1 N–H and O–H groups in total. The third-order valence-electron chi connectivity index (χ3n) is 8.96. The molecule has 1 atom stereocenters. The highest BCUT2D eigenvalue weighted by Gasteiger charge is 2.44. The second-order valence-corrected chi connectivity index (χ2v) is 13.8. The van der Waals surface area contributed by atoms with E-state index < -0.39 is 11.4 Å². The maximum atomic E-state index is 14.3. The highest BCUT2D eigenvalue weighted by atomic mass is 32.1. The molecular weight excluding hydrogens is 684 g/mol. The SMILES string of the molecule is CCCCN(CCCCO)c1ccc(/C=C/c2ccc(/C=C/C3=C(C#N)C(=C(C#N)C#N)OC3(C)c3cccc(F)c3)s2)c(OCc2ccccc2)c1. The number of nitriles is 3. The van der Waals surface area contributed by atoms with Crippen LogP contribution >= 0.6 is 11.3 Å². The summed E-state index contributed by atoms with van der Waals surface area (Å²) in [4.78, 5) is 4.24. The Kier molecular flexibility index (Phi) is 13.4. The van der Waals surface area contributed by atoms with Gasteiger partial charge in [-0.2, -0.15) is 15.8 Å². The van der Waals surface area contributed by atoms with Gasteiger partial charge in [-0.15, -0.1) is 11.3 Å². The molecule has 1 unspecified atom stereocenters. The molecule has 9 heteroatoms. The first-order chi connectivity index (χ1) is 25.8. The molecule has 1 aliphatic heterocycles. The lowest BCUT2D eigenvalue weighted by atomic mass is 9.86. The van der Waals surface area contributed by atoms with Crippen molar-refractivity contribution in [3.05, 3.63) is 146 Å². The normalized spacial score (nSPS) is 15.3. The average molecular weight is 725 g/mol. The van der Waals surface area contributed by atoms with Crippen LogP contribution in [0.25, 0.3) is 18.2 Å². The number of thiophene rings is 1. The molecule has 0 radical (unpaired) electrons. The molecule has 1 aromatic heterocycles. The highest BCUT2D eigenvalue weighted by molar-refractivity contribution is 7.13. The van der Waals surface area contributed by atoms with Gasteiger partial charge < -0.3 is 19.5 Å². The van der Waals surface area contributed by atoms with E-state index in [1.54, 1.807) is 25.1 Å². The van der Waals surface area contributed by atoms with Gasteiger partial charge in [0.15, 0.2) is 16.9 Å². The van der Waals surface area contributed by atoms with Gasteiger partial charge >= 0.3 is 0 Å². The summed E-state index contributed by atoms with van der Waals surface area (Å²) < 4.78 is 26.9. The molecule has 0 saturated heterocycles. The van der Waals surface area contributed by atoms with E-state index in [4.69, 9.17) is 9.47 Å². The molecule has 0 amide bonds. The van der Waals surface area contributed by atoms with E-state index >= 15 is 0 Å². The van der Waals surface area contributed by atoms with E-state index in [2.05, 4.69) is 36.1 Å². The van der Waals surface area contributed by atoms with Crippen molar-refractivity contribution in [2.75, 3.05) is 24.6 Å². The van der Waals surface area contributed by atoms with E-state index in [1.165, 1.54) is 23.5 Å². The first-order valence-electron chi connectivity index (χ1n) is 17.6. The Bertz CT molecular complexity index is 2130. The predicted molar refractivity (Wildman–Crippen MR) is 209 cm³/mol. The number of rotatable bonds is 16. The molecule has 2 heterocycles. The van der Waals surface area contributed by atoms with Crippen LogP contribution in [0.2, 0.25) is 0 Å². The van der Waals surface area contributed by atoms with E-state index in [0.29, 0.717) is 17.7 Å². The highest BCUT2D eigenvalue weighted by Crippen LogP contribution is 2.47. The molecule has 268 valence electrons. The zero-order valence-corrected chi connectivity index (χ0v) is 30.7.